The molecule has 114 valence electrons. The summed E-state index contributed by atoms with van der Waals surface area (Å²) in [4.78, 5) is 0. The normalized spacial score (nSPS) is 21.5. The van der Waals surface area contributed by atoms with Crippen molar-refractivity contribution < 1.29 is 12.2 Å². The number of ether oxygens (including phenoxy) is 2. The van der Waals surface area contributed by atoms with E-state index in [1.54, 1.807) is 0 Å². The fourth-order valence-corrected chi connectivity index (χ4v) is 4.05. The van der Waals surface area contributed by atoms with Gasteiger partial charge in [0.05, 0.1) is 8.66 Å². The van der Waals surface area contributed by atoms with Gasteiger partial charge in [0.15, 0.2) is 0 Å². The second-order valence-corrected chi connectivity index (χ2v) is 6.31. The zero-order chi connectivity index (χ0) is 17.4. The molecule has 2 heterocycles. The van der Waals surface area contributed by atoms with E-state index in [0.29, 0.717) is 12.1 Å². The van der Waals surface area contributed by atoms with Crippen LogP contribution in [0.3, 0.4) is 0 Å². The van der Waals surface area contributed by atoms with E-state index in [-0.39, 0.29) is 5.92 Å². The predicted octanol–water partition coefficient (Wildman–Crippen LogP) is 5.24. The Morgan fingerprint density at radius 2 is 1.21 bits per heavy atom. The van der Waals surface area contributed by atoms with Crippen LogP contribution in [0.25, 0.3) is 21.5 Å². The zero-order valence-corrected chi connectivity index (χ0v) is 12.7. The van der Waals surface area contributed by atoms with E-state index in [1.807, 2.05) is 60.7 Å². The van der Waals surface area contributed by atoms with Crippen molar-refractivity contribution in [2.75, 3.05) is 0 Å². The first-order valence-corrected chi connectivity index (χ1v) is 8.10. The Morgan fingerprint density at radius 3 is 1.75 bits per heavy atom. The fourth-order valence-electron chi connectivity index (χ4n) is 4.05. The first kappa shape index (κ1) is 10.7. The van der Waals surface area contributed by atoms with Gasteiger partial charge in [0.1, 0.15) is 11.5 Å². The second kappa shape index (κ2) is 4.30. The molecule has 0 aliphatic carbocycles. The van der Waals surface area contributed by atoms with Crippen LogP contribution < -0.4 is 9.47 Å². The lowest BCUT2D eigenvalue weighted by Crippen LogP contribution is -2.19. The van der Waals surface area contributed by atoms with Crippen LogP contribution in [-0.4, -0.2) is 6.29 Å². The molecule has 0 atom stereocenters. The Morgan fingerprint density at radius 1 is 0.667 bits per heavy atom. The summed E-state index contributed by atoms with van der Waals surface area (Å²) in [6.45, 7) is 0. The highest BCUT2D eigenvalue weighted by molar-refractivity contribution is 5.94. The first-order valence-electron chi connectivity index (χ1n) is 9.10. The third-order valence-corrected chi connectivity index (χ3v) is 5.06. The highest BCUT2D eigenvalue weighted by Gasteiger charge is 2.45. The van der Waals surface area contributed by atoms with Crippen LogP contribution in [0.15, 0.2) is 72.7 Å². The number of fused-ring (bicyclic) bond motifs is 9. The Kier molecular flexibility index (Phi) is 1.92. The molecule has 0 saturated heterocycles. The fraction of sp³-hybridized carbons (Fsp3) is 0.0909. The van der Waals surface area contributed by atoms with Crippen LogP contribution >= 0.6 is 0 Å². The van der Waals surface area contributed by atoms with Crippen molar-refractivity contribution in [2.24, 2.45) is 0 Å². The van der Waals surface area contributed by atoms with Gasteiger partial charge in [-0.1, -0.05) is 60.6 Å². The SMILES string of the molecule is [2H]c1cccc2ccc3c(c12)C1c2c(ccc4cccc([2H])c24)OC1O3. The molecule has 2 aliphatic heterocycles. The topological polar surface area (TPSA) is 18.5 Å². The number of hydrogen-bond acceptors (Lipinski definition) is 2. The molecule has 24 heavy (non-hydrogen) atoms. The molecule has 2 nitrogen and oxygen atoms in total. The lowest BCUT2D eigenvalue weighted by Gasteiger charge is -2.11. The molecule has 6 rings (SSSR count). The van der Waals surface area contributed by atoms with Gasteiger partial charge in [-0.05, 0) is 33.7 Å². The second-order valence-electron chi connectivity index (χ2n) is 6.31. The van der Waals surface area contributed by atoms with Crippen LogP contribution in [0, 0.1) is 0 Å². The molecule has 0 radical (unpaired) electrons. The molecule has 4 aromatic carbocycles. The van der Waals surface area contributed by atoms with Gasteiger partial charge in [-0.15, -0.1) is 0 Å². The van der Waals surface area contributed by atoms with Gasteiger partial charge in [-0.3, -0.25) is 0 Å². The number of rotatable bonds is 0. The average Bonchev–Trinajstić information content (AvgIpc) is 3.17. The van der Waals surface area contributed by atoms with E-state index >= 15 is 0 Å². The maximum atomic E-state index is 8.44. The van der Waals surface area contributed by atoms with Crippen LogP contribution in [0.2, 0.25) is 0 Å². The van der Waals surface area contributed by atoms with Gasteiger partial charge in [0, 0.05) is 11.1 Å². The van der Waals surface area contributed by atoms with Crippen LogP contribution in [-0.2, 0) is 0 Å². The lowest BCUT2D eigenvalue weighted by molar-refractivity contribution is 0.0330. The molecular formula is C22H14O2. The van der Waals surface area contributed by atoms with Gasteiger partial charge < -0.3 is 9.47 Å². The van der Waals surface area contributed by atoms with Crippen molar-refractivity contribution in [3.8, 4) is 11.5 Å². The summed E-state index contributed by atoms with van der Waals surface area (Å²) in [7, 11) is 0. The van der Waals surface area contributed by atoms with Gasteiger partial charge in [-0.2, -0.15) is 0 Å². The monoisotopic (exact) mass is 312 g/mol. The van der Waals surface area contributed by atoms with Crippen molar-refractivity contribution in [1.82, 2.24) is 0 Å². The number of benzene rings is 4. The molecular weight excluding hydrogens is 296 g/mol. The molecule has 0 unspecified atom stereocenters. The van der Waals surface area contributed by atoms with Crippen molar-refractivity contribution in [1.29, 1.82) is 0 Å². The molecule has 2 aliphatic rings. The highest BCUT2D eigenvalue weighted by Crippen LogP contribution is 2.54. The Balaban J connectivity index is 1.74. The van der Waals surface area contributed by atoms with E-state index in [9.17, 15) is 0 Å². The summed E-state index contributed by atoms with van der Waals surface area (Å²) in [6, 6.07) is 20.4. The molecule has 0 bridgehead atoms. The average molecular weight is 312 g/mol. The summed E-state index contributed by atoms with van der Waals surface area (Å²) in [5, 5.41) is 3.88. The molecule has 2 heteroatoms. The quantitative estimate of drug-likeness (QED) is 0.442. The van der Waals surface area contributed by atoms with Crippen LogP contribution in [0.4, 0.5) is 0 Å². The third kappa shape index (κ3) is 1.46. The van der Waals surface area contributed by atoms with E-state index in [2.05, 4.69) is 0 Å². The summed E-state index contributed by atoms with van der Waals surface area (Å²) < 4.78 is 29.1. The number of hydrogen-bond donors (Lipinski definition) is 0. The molecule has 0 saturated carbocycles. The van der Waals surface area contributed by atoms with E-state index in [0.717, 1.165) is 44.2 Å². The van der Waals surface area contributed by atoms with Gasteiger partial charge in [0.25, 0.3) is 6.29 Å². The Labute approximate surface area is 142 Å². The van der Waals surface area contributed by atoms with Gasteiger partial charge >= 0.3 is 0 Å². The summed E-state index contributed by atoms with van der Waals surface area (Å²) in [5.74, 6) is 1.43. The maximum Gasteiger partial charge on any atom is 0.252 e. The van der Waals surface area contributed by atoms with Crippen LogP contribution in [0.5, 0.6) is 11.5 Å². The molecule has 0 aromatic heterocycles. The van der Waals surface area contributed by atoms with Crippen LogP contribution in [0.1, 0.15) is 19.8 Å². The molecule has 4 aromatic rings. The summed E-state index contributed by atoms with van der Waals surface area (Å²) in [5.41, 5.74) is 2.01. The first-order chi connectivity index (χ1) is 12.7. The molecule has 0 N–H and O–H groups in total. The summed E-state index contributed by atoms with van der Waals surface area (Å²) in [6.07, 6.45) is -0.435. The lowest BCUT2D eigenvalue weighted by atomic mass is 9.87. The largest absolute Gasteiger partial charge is 0.454 e. The maximum absolute atomic E-state index is 8.44. The predicted molar refractivity (Wildman–Crippen MR) is 94.8 cm³/mol. The van der Waals surface area contributed by atoms with Gasteiger partial charge in [0.2, 0.25) is 0 Å². The minimum Gasteiger partial charge on any atom is -0.454 e. The highest BCUT2D eigenvalue weighted by atomic mass is 16.7. The van der Waals surface area contributed by atoms with E-state index < -0.39 is 6.29 Å². The minimum absolute atomic E-state index is 0.120. The smallest absolute Gasteiger partial charge is 0.252 e. The third-order valence-electron chi connectivity index (χ3n) is 5.06. The van der Waals surface area contributed by atoms with Crippen molar-refractivity contribution in [3.05, 3.63) is 83.9 Å². The zero-order valence-electron chi connectivity index (χ0n) is 14.7. The van der Waals surface area contributed by atoms with E-state index in [4.69, 9.17) is 12.2 Å². The summed E-state index contributed by atoms with van der Waals surface area (Å²) >= 11 is 0. The standard InChI is InChI=1S/C22H14O2/c1-3-7-15-13(5-1)9-11-17-19(15)21-20-16-8-4-2-6-14(16)10-12-18(20)24-22(21)23-17/h1-12,21-22H/i7D,8D. The Bertz CT molecular complexity index is 1140. The molecule has 0 amide bonds. The minimum atomic E-state index is -0.435. The van der Waals surface area contributed by atoms with Gasteiger partial charge in [-0.25, -0.2) is 0 Å². The van der Waals surface area contributed by atoms with E-state index in [1.165, 1.54) is 0 Å². The van der Waals surface area contributed by atoms with Crippen molar-refractivity contribution in [2.45, 2.75) is 12.2 Å². The Hall–Kier alpha value is -3.00. The molecule has 0 spiro atoms. The van der Waals surface area contributed by atoms with Crippen molar-refractivity contribution in [3.63, 3.8) is 0 Å². The van der Waals surface area contributed by atoms with Crippen molar-refractivity contribution >= 4 is 21.5 Å². The molecule has 0 fully saturated rings.